The molecule has 0 radical (unpaired) electrons. The minimum Gasteiger partial charge on any atom is -0.497 e. The van der Waals surface area contributed by atoms with Crippen LogP contribution in [0.25, 0.3) is 10.9 Å². The normalized spacial score (nSPS) is 17.1. The number of methoxy groups -OCH3 is 1. The number of nitrogens with zero attached hydrogens (tertiary/aromatic N) is 3. The van der Waals surface area contributed by atoms with Crippen LogP contribution in [0.3, 0.4) is 0 Å². The molecule has 0 fully saturated rings. The Hall–Kier alpha value is -2.83. The largest absolute Gasteiger partial charge is 0.497 e. The zero-order valence-corrected chi connectivity index (χ0v) is 14.2. The van der Waals surface area contributed by atoms with Crippen LogP contribution in [0, 0.1) is 0 Å². The number of ether oxygens (including phenoxy) is 1. The van der Waals surface area contributed by atoms with Crippen LogP contribution in [0.1, 0.15) is 29.8 Å². The molecule has 7 heteroatoms. The summed E-state index contributed by atoms with van der Waals surface area (Å²) in [6.45, 7) is 2.48. The van der Waals surface area contributed by atoms with E-state index in [4.69, 9.17) is 4.74 Å². The van der Waals surface area contributed by atoms with Crippen LogP contribution in [-0.2, 0) is 6.18 Å². The van der Waals surface area contributed by atoms with Crippen LogP contribution in [0.5, 0.6) is 5.75 Å². The number of halogens is 3. The van der Waals surface area contributed by atoms with Crippen LogP contribution in [0.15, 0.2) is 47.5 Å². The van der Waals surface area contributed by atoms with E-state index in [1.165, 1.54) is 6.07 Å². The first-order valence-electron chi connectivity index (χ1n) is 8.17. The monoisotopic (exact) mass is 359 g/mol. The van der Waals surface area contributed by atoms with Crippen molar-refractivity contribution in [1.82, 2.24) is 9.78 Å². The predicted octanol–water partition coefficient (Wildman–Crippen LogP) is 4.48. The Labute approximate surface area is 147 Å². The molecule has 2 aromatic carbocycles. The van der Waals surface area contributed by atoms with E-state index < -0.39 is 11.7 Å². The predicted molar refractivity (Wildman–Crippen MR) is 92.9 cm³/mol. The molecule has 1 aromatic heterocycles. The van der Waals surface area contributed by atoms with Crippen molar-refractivity contribution in [2.24, 2.45) is 4.99 Å². The summed E-state index contributed by atoms with van der Waals surface area (Å²) in [5.74, 6) is 0.728. The first-order valence-corrected chi connectivity index (χ1v) is 8.17. The molecule has 1 atom stereocenters. The van der Waals surface area contributed by atoms with Crippen molar-refractivity contribution in [2.75, 3.05) is 13.7 Å². The standard InChI is InChI=1S/C19H16F3N3O/c1-11-10-23-17(12-3-6-14(26-2)7-4-12)18-15-8-5-13(19(20,21)22)9-16(15)24-25(11)18/h3-9,11H,10H2,1-2H3. The highest BCUT2D eigenvalue weighted by atomic mass is 19.4. The molecule has 1 aliphatic rings. The van der Waals surface area contributed by atoms with Gasteiger partial charge in [-0.05, 0) is 49.4 Å². The summed E-state index contributed by atoms with van der Waals surface area (Å²) < 4.78 is 46.0. The van der Waals surface area contributed by atoms with E-state index in [1.807, 2.05) is 31.2 Å². The molecule has 4 rings (SSSR count). The van der Waals surface area contributed by atoms with Crippen molar-refractivity contribution >= 4 is 16.6 Å². The third-order valence-corrected chi connectivity index (χ3v) is 4.54. The molecule has 26 heavy (non-hydrogen) atoms. The van der Waals surface area contributed by atoms with Gasteiger partial charge in [-0.2, -0.15) is 18.3 Å². The van der Waals surface area contributed by atoms with Crippen molar-refractivity contribution < 1.29 is 17.9 Å². The molecule has 1 aliphatic heterocycles. The molecule has 0 aliphatic carbocycles. The number of aliphatic imine (C=N–C) groups is 1. The lowest BCUT2D eigenvalue weighted by molar-refractivity contribution is -0.137. The molecule has 2 heterocycles. The van der Waals surface area contributed by atoms with Crippen LogP contribution in [0.4, 0.5) is 13.2 Å². The topological polar surface area (TPSA) is 39.4 Å². The van der Waals surface area contributed by atoms with Gasteiger partial charge in [0.15, 0.2) is 0 Å². The first-order chi connectivity index (χ1) is 12.4. The number of hydrogen-bond donors (Lipinski definition) is 0. The van der Waals surface area contributed by atoms with Gasteiger partial charge in [-0.15, -0.1) is 0 Å². The molecule has 0 N–H and O–H groups in total. The molecule has 0 amide bonds. The van der Waals surface area contributed by atoms with E-state index in [2.05, 4.69) is 10.1 Å². The van der Waals surface area contributed by atoms with E-state index >= 15 is 0 Å². The minimum atomic E-state index is -4.39. The Balaban J connectivity index is 1.88. The van der Waals surface area contributed by atoms with Gasteiger partial charge < -0.3 is 4.74 Å². The van der Waals surface area contributed by atoms with Gasteiger partial charge in [0.1, 0.15) is 5.75 Å². The maximum Gasteiger partial charge on any atom is 0.416 e. The lowest BCUT2D eigenvalue weighted by atomic mass is 10.0. The second-order valence-electron chi connectivity index (χ2n) is 6.29. The van der Waals surface area contributed by atoms with Crippen LogP contribution >= 0.6 is 0 Å². The maximum absolute atomic E-state index is 13.0. The number of aromatic nitrogens is 2. The third kappa shape index (κ3) is 2.64. The molecule has 3 aromatic rings. The Bertz CT molecular complexity index is 1000. The van der Waals surface area contributed by atoms with E-state index in [1.54, 1.807) is 11.8 Å². The lowest BCUT2D eigenvalue weighted by Crippen LogP contribution is -2.23. The van der Waals surface area contributed by atoms with Gasteiger partial charge >= 0.3 is 6.18 Å². The van der Waals surface area contributed by atoms with E-state index in [0.29, 0.717) is 17.4 Å². The Kier molecular flexibility index (Phi) is 3.75. The number of hydrogen-bond acceptors (Lipinski definition) is 3. The quantitative estimate of drug-likeness (QED) is 0.677. The second-order valence-corrected chi connectivity index (χ2v) is 6.29. The van der Waals surface area contributed by atoms with Crippen molar-refractivity contribution in [2.45, 2.75) is 19.1 Å². The van der Waals surface area contributed by atoms with Crippen molar-refractivity contribution in [1.29, 1.82) is 0 Å². The lowest BCUT2D eigenvalue weighted by Gasteiger charge is -2.21. The number of fused-ring (bicyclic) bond motifs is 3. The summed E-state index contributed by atoms with van der Waals surface area (Å²) in [6, 6.07) is 11.1. The average Bonchev–Trinajstić information content (AvgIpc) is 3.01. The highest BCUT2D eigenvalue weighted by Gasteiger charge is 2.32. The first kappa shape index (κ1) is 16.6. The Morgan fingerprint density at radius 2 is 1.85 bits per heavy atom. The fourth-order valence-electron chi connectivity index (χ4n) is 3.19. The van der Waals surface area contributed by atoms with Gasteiger partial charge in [0, 0.05) is 10.9 Å². The third-order valence-electron chi connectivity index (χ3n) is 4.54. The summed E-state index contributed by atoms with van der Waals surface area (Å²) in [5.41, 5.74) is 1.98. The van der Waals surface area contributed by atoms with Crippen molar-refractivity contribution in [3.05, 3.63) is 59.3 Å². The van der Waals surface area contributed by atoms with Gasteiger partial charge in [0.25, 0.3) is 0 Å². The van der Waals surface area contributed by atoms with Crippen molar-refractivity contribution in [3.8, 4) is 5.75 Å². The smallest absolute Gasteiger partial charge is 0.416 e. The molecule has 1 unspecified atom stereocenters. The summed E-state index contributed by atoms with van der Waals surface area (Å²) >= 11 is 0. The van der Waals surface area contributed by atoms with E-state index in [-0.39, 0.29) is 6.04 Å². The highest BCUT2D eigenvalue weighted by molar-refractivity contribution is 6.18. The zero-order valence-electron chi connectivity index (χ0n) is 14.2. The highest BCUT2D eigenvalue weighted by Crippen LogP contribution is 2.34. The van der Waals surface area contributed by atoms with Gasteiger partial charge in [0.2, 0.25) is 0 Å². The van der Waals surface area contributed by atoms with Gasteiger partial charge in [-0.1, -0.05) is 0 Å². The molecule has 4 nitrogen and oxygen atoms in total. The SMILES string of the molecule is COc1ccc(C2=NCC(C)n3nc4cc(C(F)(F)F)ccc4c32)cc1. The zero-order chi connectivity index (χ0) is 18.5. The summed E-state index contributed by atoms with van der Waals surface area (Å²) in [4.78, 5) is 4.66. The van der Waals surface area contributed by atoms with Gasteiger partial charge in [-0.3, -0.25) is 9.67 Å². The fraction of sp³-hybridized carbons (Fsp3) is 0.263. The molecule has 0 saturated carbocycles. The molecular weight excluding hydrogens is 343 g/mol. The average molecular weight is 359 g/mol. The van der Waals surface area contributed by atoms with Crippen molar-refractivity contribution in [3.63, 3.8) is 0 Å². The minimum absolute atomic E-state index is 0.0197. The molecule has 0 bridgehead atoms. The number of benzene rings is 2. The molecule has 0 spiro atoms. The molecular formula is C19H16F3N3O. The summed E-state index contributed by atoms with van der Waals surface area (Å²) in [7, 11) is 1.59. The number of alkyl halides is 3. The summed E-state index contributed by atoms with van der Waals surface area (Å²) in [5, 5.41) is 5.09. The van der Waals surface area contributed by atoms with Crippen LogP contribution in [0.2, 0.25) is 0 Å². The molecule has 134 valence electrons. The van der Waals surface area contributed by atoms with E-state index in [0.717, 1.165) is 34.9 Å². The summed E-state index contributed by atoms with van der Waals surface area (Å²) in [6.07, 6.45) is -4.39. The maximum atomic E-state index is 13.0. The van der Waals surface area contributed by atoms with Crippen LogP contribution < -0.4 is 4.74 Å². The van der Waals surface area contributed by atoms with Gasteiger partial charge in [-0.25, -0.2) is 0 Å². The number of rotatable bonds is 2. The Morgan fingerprint density at radius 1 is 1.12 bits per heavy atom. The van der Waals surface area contributed by atoms with Gasteiger partial charge in [0.05, 0.1) is 42.2 Å². The van der Waals surface area contributed by atoms with Crippen LogP contribution in [-0.4, -0.2) is 29.1 Å². The second kappa shape index (κ2) is 5.86. The Morgan fingerprint density at radius 3 is 2.50 bits per heavy atom. The molecule has 0 saturated heterocycles. The van der Waals surface area contributed by atoms with E-state index in [9.17, 15) is 13.2 Å². The fourth-order valence-corrected chi connectivity index (χ4v) is 3.19.